The first-order valence-corrected chi connectivity index (χ1v) is 8.00. The van der Waals surface area contributed by atoms with Gasteiger partial charge in [0.1, 0.15) is 0 Å². The van der Waals surface area contributed by atoms with E-state index < -0.39 is 0 Å². The third-order valence-electron chi connectivity index (χ3n) is 5.23. The highest BCUT2D eigenvalue weighted by molar-refractivity contribution is 4.97. The highest BCUT2D eigenvalue weighted by Crippen LogP contribution is 2.30. The number of nitrogens with zero attached hydrogens (tertiary/aromatic N) is 1. The van der Waals surface area contributed by atoms with Crippen LogP contribution in [0.25, 0.3) is 0 Å². The highest BCUT2D eigenvalue weighted by atomic mass is 15.2. The average molecular weight is 254 g/mol. The molecule has 0 amide bonds. The topological polar surface area (TPSA) is 15.3 Å². The van der Waals surface area contributed by atoms with Gasteiger partial charge in [-0.3, -0.25) is 4.90 Å². The number of piperidine rings is 1. The lowest BCUT2D eigenvalue weighted by Gasteiger charge is -2.48. The molecule has 108 valence electrons. The number of rotatable bonds is 7. The molecule has 0 radical (unpaired) electrons. The zero-order valence-corrected chi connectivity index (χ0v) is 13.3. The van der Waals surface area contributed by atoms with E-state index in [2.05, 4.69) is 45.0 Å². The first-order valence-electron chi connectivity index (χ1n) is 8.00. The molecule has 1 fully saturated rings. The lowest BCUT2D eigenvalue weighted by Crippen LogP contribution is -2.60. The van der Waals surface area contributed by atoms with Gasteiger partial charge in [-0.05, 0) is 58.7 Å². The summed E-state index contributed by atoms with van der Waals surface area (Å²) in [4.78, 5) is 2.75. The number of likely N-dealkylation sites (N-methyl/N-ethyl adjacent to an activating group) is 1. The van der Waals surface area contributed by atoms with Gasteiger partial charge in [-0.1, -0.05) is 33.6 Å². The molecule has 3 atom stereocenters. The van der Waals surface area contributed by atoms with E-state index in [-0.39, 0.29) is 0 Å². The third-order valence-corrected chi connectivity index (χ3v) is 5.23. The van der Waals surface area contributed by atoms with E-state index in [1.807, 2.05) is 0 Å². The molecule has 2 heteroatoms. The molecule has 1 aliphatic heterocycles. The van der Waals surface area contributed by atoms with Crippen LogP contribution in [0.3, 0.4) is 0 Å². The Bertz CT molecular complexity index is 223. The maximum absolute atomic E-state index is 3.61. The van der Waals surface area contributed by atoms with E-state index in [9.17, 15) is 0 Å². The van der Waals surface area contributed by atoms with Crippen molar-refractivity contribution in [1.29, 1.82) is 0 Å². The smallest absolute Gasteiger partial charge is 0.0331 e. The fourth-order valence-electron chi connectivity index (χ4n) is 3.35. The van der Waals surface area contributed by atoms with Crippen LogP contribution in [0.4, 0.5) is 0 Å². The summed E-state index contributed by atoms with van der Waals surface area (Å²) >= 11 is 0. The van der Waals surface area contributed by atoms with Crippen LogP contribution in [0.2, 0.25) is 0 Å². The summed E-state index contributed by atoms with van der Waals surface area (Å²) < 4.78 is 0. The van der Waals surface area contributed by atoms with Gasteiger partial charge in [0.2, 0.25) is 0 Å². The van der Waals surface area contributed by atoms with Crippen molar-refractivity contribution < 1.29 is 0 Å². The van der Waals surface area contributed by atoms with Gasteiger partial charge in [0.25, 0.3) is 0 Å². The number of nitrogens with one attached hydrogen (secondary N) is 1. The van der Waals surface area contributed by atoms with Crippen molar-refractivity contribution in [2.45, 2.75) is 77.8 Å². The molecule has 1 N–H and O–H groups in total. The molecule has 0 spiro atoms. The molecular formula is C16H34N2. The molecule has 0 saturated carbocycles. The standard InChI is InChI=1S/C16H34N2/c1-6-14(3)13-15(17-5)16(4,7-2)18-11-9-8-10-12-18/h14-15,17H,6-13H2,1-5H3. The quantitative estimate of drug-likeness (QED) is 0.746. The van der Waals surface area contributed by atoms with Crippen molar-refractivity contribution in [1.82, 2.24) is 10.2 Å². The van der Waals surface area contributed by atoms with Crippen LogP contribution in [0.1, 0.15) is 66.2 Å². The molecule has 1 aliphatic rings. The maximum atomic E-state index is 3.61. The molecule has 1 saturated heterocycles. The Kier molecular flexibility index (Phi) is 6.65. The zero-order chi connectivity index (χ0) is 13.6. The van der Waals surface area contributed by atoms with Gasteiger partial charge in [-0.2, -0.15) is 0 Å². The lowest BCUT2D eigenvalue weighted by atomic mass is 9.81. The van der Waals surface area contributed by atoms with Crippen LogP contribution in [0, 0.1) is 5.92 Å². The number of hydrogen-bond donors (Lipinski definition) is 1. The number of likely N-dealkylation sites (tertiary alicyclic amines) is 1. The summed E-state index contributed by atoms with van der Waals surface area (Å²) in [6.45, 7) is 12.1. The zero-order valence-electron chi connectivity index (χ0n) is 13.3. The van der Waals surface area contributed by atoms with Crippen LogP contribution in [0.15, 0.2) is 0 Å². The van der Waals surface area contributed by atoms with Gasteiger partial charge < -0.3 is 5.32 Å². The van der Waals surface area contributed by atoms with Gasteiger partial charge in [0.05, 0.1) is 0 Å². The highest BCUT2D eigenvalue weighted by Gasteiger charge is 2.38. The van der Waals surface area contributed by atoms with E-state index in [1.54, 1.807) is 0 Å². The molecule has 2 nitrogen and oxygen atoms in total. The molecule has 18 heavy (non-hydrogen) atoms. The Morgan fingerprint density at radius 2 is 1.78 bits per heavy atom. The summed E-state index contributed by atoms with van der Waals surface area (Å²) in [6, 6.07) is 0.621. The first-order chi connectivity index (χ1) is 8.58. The Morgan fingerprint density at radius 1 is 1.17 bits per heavy atom. The van der Waals surface area contributed by atoms with Gasteiger partial charge >= 0.3 is 0 Å². The van der Waals surface area contributed by atoms with E-state index in [4.69, 9.17) is 0 Å². The fraction of sp³-hybridized carbons (Fsp3) is 1.00. The summed E-state index contributed by atoms with van der Waals surface area (Å²) in [6.07, 6.45) is 8.03. The fourth-order valence-corrected chi connectivity index (χ4v) is 3.35. The lowest BCUT2D eigenvalue weighted by molar-refractivity contribution is 0.0379. The van der Waals surface area contributed by atoms with Crippen molar-refractivity contribution in [3.8, 4) is 0 Å². The second kappa shape index (κ2) is 7.49. The molecule has 3 unspecified atom stereocenters. The third kappa shape index (κ3) is 3.71. The Morgan fingerprint density at radius 3 is 2.22 bits per heavy atom. The summed E-state index contributed by atoms with van der Waals surface area (Å²) in [7, 11) is 2.14. The first kappa shape index (κ1) is 16.0. The van der Waals surface area contributed by atoms with Crippen LogP contribution >= 0.6 is 0 Å². The predicted molar refractivity (Wildman–Crippen MR) is 81.0 cm³/mol. The Labute approximate surface area is 115 Å². The van der Waals surface area contributed by atoms with Gasteiger partial charge in [0.15, 0.2) is 0 Å². The second-order valence-electron chi connectivity index (χ2n) is 6.35. The monoisotopic (exact) mass is 254 g/mol. The second-order valence-corrected chi connectivity index (χ2v) is 6.35. The van der Waals surface area contributed by atoms with Crippen LogP contribution < -0.4 is 5.32 Å². The van der Waals surface area contributed by atoms with Crippen LogP contribution in [0.5, 0.6) is 0 Å². The minimum Gasteiger partial charge on any atom is -0.315 e. The molecule has 0 aliphatic carbocycles. The predicted octanol–water partition coefficient (Wildman–Crippen LogP) is 3.67. The molecular weight excluding hydrogens is 220 g/mol. The Balaban J connectivity index is 2.74. The van der Waals surface area contributed by atoms with Crippen molar-refractivity contribution in [2.75, 3.05) is 20.1 Å². The van der Waals surface area contributed by atoms with Gasteiger partial charge in [0, 0.05) is 11.6 Å². The molecule has 0 aromatic heterocycles. The minimum absolute atomic E-state index is 0.332. The summed E-state index contributed by atoms with van der Waals surface area (Å²) in [5, 5.41) is 3.61. The SMILES string of the molecule is CCC(C)CC(NC)C(C)(CC)N1CCCCC1. The molecule has 1 heterocycles. The molecule has 0 aromatic rings. The molecule has 1 rings (SSSR count). The normalized spacial score (nSPS) is 24.5. The Hall–Kier alpha value is -0.0800. The maximum Gasteiger partial charge on any atom is 0.0331 e. The minimum atomic E-state index is 0.332. The van der Waals surface area contributed by atoms with E-state index in [0.717, 1.165) is 5.92 Å². The van der Waals surface area contributed by atoms with Crippen molar-refractivity contribution in [3.05, 3.63) is 0 Å². The van der Waals surface area contributed by atoms with E-state index in [0.29, 0.717) is 11.6 Å². The number of hydrogen-bond acceptors (Lipinski definition) is 2. The van der Waals surface area contributed by atoms with E-state index in [1.165, 1.54) is 51.6 Å². The largest absolute Gasteiger partial charge is 0.315 e. The van der Waals surface area contributed by atoms with Crippen molar-refractivity contribution in [2.24, 2.45) is 5.92 Å². The van der Waals surface area contributed by atoms with E-state index >= 15 is 0 Å². The van der Waals surface area contributed by atoms with Gasteiger partial charge in [-0.15, -0.1) is 0 Å². The average Bonchev–Trinajstić information content (AvgIpc) is 2.44. The summed E-state index contributed by atoms with van der Waals surface area (Å²) in [5.41, 5.74) is 0.332. The van der Waals surface area contributed by atoms with Crippen LogP contribution in [-0.4, -0.2) is 36.6 Å². The molecule has 0 bridgehead atoms. The summed E-state index contributed by atoms with van der Waals surface area (Å²) in [5.74, 6) is 0.818. The van der Waals surface area contributed by atoms with Crippen molar-refractivity contribution >= 4 is 0 Å². The van der Waals surface area contributed by atoms with Gasteiger partial charge in [-0.25, -0.2) is 0 Å². The van der Waals surface area contributed by atoms with Crippen molar-refractivity contribution in [3.63, 3.8) is 0 Å². The molecule has 0 aromatic carbocycles. The van der Waals surface area contributed by atoms with Crippen LogP contribution in [-0.2, 0) is 0 Å².